The molecule has 1 atom stereocenters. The highest BCUT2D eigenvalue weighted by atomic mass is 35.5. The first-order chi connectivity index (χ1) is 11.8. The number of nitrogens with one attached hydrogen (secondary N) is 1. The Bertz CT molecular complexity index is 996. The van der Waals surface area contributed by atoms with Gasteiger partial charge in [-0.25, -0.2) is 13.2 Å². The van der Waals surface area contributed by atoms with Crippen LogP contribution in [0.4, 0.5) is 0 Å². The van der Waals surface area contributed by atoms with E-state index in [1.54, 1.807) is 12.1 Å². The number of carbonyl (C=O) groups excluding carboxylic acids is 1. The van der Waals surface area contributed by atoms with Gasteiger partial charge in [0, 0.05) is 11.2 Å². The van der Waals surface area contributed by atoms with Gasteiger partial charge in [-0.15, -0.1) is 0 Å². The van der Waals surface area contributed by atoms with Crippen molar-refractivity contribution in [2.45, 2.75) is 30.8 Å². The number of halogens is 1. The molecule has 25 heavy (non-hydrogen) atoms. The molecule has 0 saturated heterocycles. The summed E-state index contributed by atoms with van der Waals surface area (Å²) >= 11 is 6.14. The van der Waals surface area contributed by atoms with E-state index in [4.69, 9.17) is 16.3 Å². The molecule has 1 aliphatic rings. The van der Waals surface area contributed by atoms with Gasteiger partial charge in [0.05, 0.1) is 10.6 Å². The maximum Gasteiger partial charge on any atom is 0.344 e. The third-order valence-electron chi connectivity index (χ3n) is 4.24. The average Bonchev–Trinajstić information content (AvgIpc) is 2.99. The average molecular weight is 382 g/mol. The zero-order chi connectivity index (χ0) is 18.2. The lowest BCUT2D eigenvalue weighted by molar-refractivity contribution is 0.0299. The highest BCUT2D eigenvalue weighted by molar-refractivity contribution is 7.91. The van der Waals surface area contributed by atoms with Gasteiger partial charge < -0.3 is 9.72 Å². The first-order valence-electron chi connectivity index (χ1n) is 7.77. The number of benzene rings is 1. The minimum atomic E-state index is -3.55. The van der Waals surface area contributed by atoms with Crippen LogP contribution in [0.25, 0.3) is 0 Å². The number of rotatable bonds is 4. The van der Waals surface area contributed by atoms with E-state index in [2.05, 4.69) is 4.98 Å². The van der Waals surface area contributed by atoms with Crippen molar-refractivity contribution in [2.24, 2.45) is 0 Å². The Hall–Kier alpha value is -2.12. The summed E-state index contributed by atoms with van der Waals surface area (Å²) in [5.74, 6) is -0.991. The van der Waals surface area contributed by atoms with Gasteiger partial charge in [-0.1, -0.05) is 30.7 Å². The van der Waals surface area contributed by atoms with Crippen molar-refractivity contribution in [3.05, 3.63) is 62.5 Å². The van der Waals surface area contributed by atoms with Crippen LogP contribution < -0.4 is 5.56 Å². The number of fused-ring (bicyclic) bond motifs is 1. The Morgan fingerprint density at radius 1 is 1.40 bits per heavy atom. The van der Waals surface area contributed by atoms with Crippen LogP contribution in [0.3, 0.4) is 0 Å². The Labute approximate surface area is 149 Å². The van der Waals surface area contributed by atoms with E-state index >= 15 is 0 Å². The second-order valence-electron chi connectivity index (χ2n) is 5.72. The van der Waals surface area contributed by atoms with Gasteiger partial charge >= 0.3 is 5.97 Å². The Morgan fingerprint density at radius 2 is 2.16 bits per heavy atom. The highest BCUT2D eigenvalue weighted by Gasteiger charge is 2.29. The maximum atomic E-state index is 12.4. The van der Waals surface area contributed by atoms with Crippen molar-refractivity contribution in [3.8, 4) is 0 Å². The summed E-state index contributed by atoms with van der Waals surface area (Å²) in [6.07, 6.45) is 1.82. The van der Waals surface area contributed by atoms with E-state index in [0.717, 1.165) is 23.4 Å². The molecular formula is C17H16ClNO5S. The van der Waals surface area contributed by atoms with Crippen LogP contribution in [-0.2, 0) is 21.0 Å². The summed E-state index contributed by atoms with van der Waals surface area (Å²) in [6, 6.07) is 6.44. The van der Waals surface area contributed by atoms with Gasteiger partial charge in [0.25, 0.3) is 5.56 Å². The number of sulfone groups is 1. The van der Waals surface area contributed by atoms with Gasteiger partial charge in [-0.05, 0) is 36.1 Å². The molecule has 1 unspecified atom stereocenters. The summed E-state index contributed by atoms with van der Waals surface area (Å²) < 4.78 is 29.3. The molecule has 0 amide bonds. The van der Waals surface area contributed by atoms with E-state index in [-0.39, 0.29) is 16.2 Å². The first-order valence-corrected chi connectivity index (χ1v) is 9.80. The number of carbonyl (C=O) groups is 1. The molecule has 2 aromatic rings. The van der Waals surface area contributed by atoms with Gasteiger partial charge in [0.1, 0.15) is 11.7 Å². The molecule has 1 heterocycles. The molecule has 0 saturated carbocycles. The van der Waals surface area contributed by atoms with Crippen LogP contribution in [0.15, 0.2) is 40.2 Å². The lowest BCUT2D eigenvalue weighted by Gasteiger charge is -2.13. The number of pyridine rings is 1. The van der Waals surface area contributed by atoms with Crippen molar-refractivity contribution in [1.82, 2.24) is 4.98 Å². The third-order valence-corrected chi connectivity index (χ3v) is 6.31. The number of H-pyrrole nitrogens is 1. The summed E-state index contributed by atoms with van der Waals surface area (Å²) in [4.78, 5) is 26.5. The lowest BCUT2D eigenvalue weighted by atomic mass is 10.1. The summed E-state index contributed by atoms with van der Waals surface area (Å²) in [5.41, 5.74) is 0.724. The minimum absolute atomic E-state index is 0.114. The fourth-order valence-electron chi connectivity index (χ4n) is 2.85. The molecule has 0 bridgehead atoms. The predicted molar refractivity (Wildman–Crippen MR) is 92.7 cm³/mol. The fraction of sp³-hybridized carbons (Fsp3) is 0.294. The zero-order valence-corrected chi connectivity index (χ0v) is 15.0. The predicted octanol–water partition coefficient (Wildman–Crippen LogP) is 2.67. The largest absolute Gasteiger partial charge is 0.454 e. The Kier molecular flexibility index (Phi) is 4.71. The Balaban J connectivity index is 1.90. The van der Waals surface area contributed by atoms with Crippen molar-refractivity contribution < 1.29 is 17.9 Å². The molecule has 3 rings (SSSR count). The molecule has 1 aromatic heterocycles. The highest BCUT2D eigenvalue weighted by Crippen LogP contribution is 2.38. The number of aromatic nitrogens is 1. The van der Waals surface area contributed by atoms with E-state index in [1.807, 2.05) is 6.07 Å². The number of ether oxygens (including phenoxy) is 1. The quantitative estimate of drug-likeness (QED) is 0.822. The SMILES string of the molecule is CCS(=O)(=O)c1c[nH]c(=O)c(C(=O)OC2CCc3c(Cl)cccc32)c1. The Morgan fingerprint density at radius 3 is 2.88 bits per heavy atom. The smallest absolute Gasteiger partial charge is 0.344 e. The molecule has 1 aromatic carbocycles. The lowest BCUT2D eigenvalue weighted by Crippen LogP contribution is -2.22. The number of aromatic amines is 1. The van der Waals surface area contributed by atoms with Crippen molar-refractivity contribution in [2.75, 3.05) is 5.75 Å². The van der Waals surface area contributed by atoms with Crippen molar-refractivity contribution in [1.29, 1.82) is 0 Å². The van der Waals surface area contributed by atoms with Gasteiger partial charge in [-0.3, -0.25) is 4.79 Å². The normalized spacial score (nSPS) is 16.5. The topological polar surface area (TPSA) is 93.3 Å². The van der Waals surface area contributed by atoms with E-state index in [1.165, 1.54) is 6.92 Å². The molecule has 8 heteroatoms. The summed E-state index contributed by atoms with van der Waals surface area (Å²) in [6.45, 7) is 1.48. The molecule has 0 fully saturated rings. The number of esters is 1. The summed E-state index contributed by atoms with van der Waals surface area (Å²) in [5, 5.41) is 0.616. The molecule has 132 valence electrons. The van der Waals surface area contributed by atoms with Crippen LogP contribution in [0.1, 0.15) is 40.9 Å². The zero-order valence-electron chi connectivity index (χ0n) is 13.4. The monoisotopic (exact) mass is 381 g/mol. The third kappa shape index (κ3) is 3.34. The van der Waals surface area contributed by atoms with Crippen LogP contribution in [0.2, 0.25) is 5.02 Å². The second-order valence-corrected chi connectivity index (χ2v) is 8.41. The molecule has 6 nitrogen and oxygen atoms in total. The number of hydrogen-bond donors (Lipinski definition) is 1. The van der Waals surface area contributed by atoms with Crippen LogP contribution in [-0.4, -0.2) is 25.1 Å². The van der Waals surface area contributed by atoms with Crippen molar-refractivity contribution >= 4 is 27.4 Å². The van der Waals surface area contributed by atoms with E-state index in [9.17, 15) is 18.0 Å². The van der Waals surface area contributed by atoms with Crippen LogP contribution >= 0.6 is 11.6 Å². The van der Waals surface area contributed by atoms with Gasteiger partial charge in [0.15, 0.2) is 9.84 Å². The van der Waals surface area contributed by atoms with Crippen LogP contribution in [0, 0.1) is 0 Å². The molecule has 0 radical (unpaired) electrons. The van der Waals surface area contributed by atoms with E-state index < -0.39 is 27.5 Å². The summed E-state index contributed by atoms with van der Waals surface area (Å²) in [7, 11) is -3.55. The van der Waals surface area contributed by atoms with E-state index in [0.29, 0.717) is 17.9 Å². The van der Waals surface area contributed by atoms with Gasteiger partial charge in [-0.2, -0.15) is 0 Å². The molecule has 0 aliphatic heterocycles. The van der Waals surface area contributed by atoms with Gasteiger partial charge in [0.2, 0.25) is 0 Å². The first kappa shape index (κ1) is 17.7. The minimum Gasteiger partial charge on any atom is -0.454 e. The maximum absolute atomic E-state index is 12.4. The molecular weight excluding hydrogens is 366 g/mol. The molecule has 1 aliphatic carbocycles. The van der Waals surface area contributed by atoms with Crippen LogP contribution in [0.5, 0.6) is 0 Å². The standard InChI is InChI=1S/C17H16ClNO5S/c1-2-25(22,23)10-8-13(16(20)19-9-10)17(21)24-15-7-6-11-12(15)4-3-5-14(11)18/h3-5,8-9,15H,2,6-7H2,1H3,(H,19,20). The second kappa shape index (κ2) is 6.65. The fourth-order valence-corrected chi connectivity index (χ4v) is 3.99. The molecule has 0 spiro atoms. The van der Waals surface area contributed by atoms with Crippen molar-refractivity contribution in [3.63, 3.8) is 0 Å². The molecule has 1 N–H and O–H groups in total. The number of hydrogen-bond acceptors (Lipinski definition) is 5.